The van der Waals surface area contributed by atoms with Gasteiger partial charge in [0.15, 0.2) is 0 Å². The summed E-state index contributed by atoms with van der Waals surface area (Å²) in [6.07, 6.45) is 1.40. The lowest BCUT2D eigenvalue weighted by molar-refractivity contribution is 0.0719. The molecule has 0 aliphatic heterocycles. The number of aryl methyl sites for hydroxylation is 2. The molecule has 0 atom stereocenters. The van der Waals surface area contributed by atoms with Crippen LogP contribution in [0.25, 0.3) is 11.0 Å². The van der Waals surface area contributed by atoms with E-state index in [-0.39, 0.29) is 28.1 Å². The summed E-state index contributed by atoms with van der Waals surface area (Å²) < 4.78 is 88.9. The van der Waals surface area contributed by atoms with E-state index in [4.69, 9.17) is 0 Å². The van der Waals surface area contributed by atoms with Crippen molar-refractivity contribution in [3.8, 4) is 5.75 Å². The minimum absolute atomic E-state index is 0.0446. The summed E-state index contributed by atoms with van der Waals surface area (Å²) in [5, 5.41) is 2.83. The van der Waals surface area contributed by atoms with E-state index in [2.05, 4.69) is 15.0 Å². The maximum atomic E-state index is 14.4. The van der Waals surface area contributed by atoms with Crippen LogP contribution in [0.1, 0.15) is 15.9 Å². The number of rotatable bonds is 4. The molecule has 0 fully saturated rings. The van der Waals surface area contributed by atoms with Gasteiger partial charge < -0.3 is 14.6 Å². The minimum atomic E-state index is -2.39. The number of carbonyl (C=O) groups is 1. The van der Waals surface area contributed by atoms with Gasteiger partial charge in [-0.3, -0.25) is 0 Å². The molecule has 0 saturated heterocycles. The molecule has 2 heterocycles. The molecule has 0 bridgehead atoms. The Bertz CT molecular complexity index is 1400. The first kappa shape index (κ1) is 22.2. The number of carbonyl (C=O) groups excluding carboxylic acids is 1. The number of pyridine rings is 1. The van der Waals surface area contributed by atoms with Crippen molar-refractivity contribution in [3.05, 3.63) is 82.6 Å². The molecule has 0 spiro atoms. The molecule has 2 aromatic heterocycles. The molecular weight excluding hydrogens is 452 g/mol. The first-order valence-electron chi connectivity index (χ1n) is 9.32. The predicted molar refractivity (Wildman–Crippen MR) is 106 cm³/mol. The average molecular weight is 465 g/mol. The zero-order chi connectivity index (χ0) is 24.0. The van der Waals surface area contributed by atoms with E-state index in [0.29, 0.717) is 5.56 Å². The van der Waals surface area contributed by atoms with Gasteiger partial charge in [-0.25, -0.2) is 27.3 Å². The van der Waals surface area contributed by atoms with E-state index in [0.717, 1.165) is 0 Å². The maximum Gasteiger partial charge on any atom is 0.348 e. The van der Waals surface area contributed by atoms with Gasteiger partial charge in [0, 0.05) is 18.6 Å². The lowest BCUT2D eigenvalue weighted by Crippen LogP contribution is -2.15. The number of halogens is 6. The fourth-order valence-electron chi connectivity index (χ4n) is 3.28. The first-order valence-corrected chi connectivity index (χ1v) is 9.32. The zero-order valence-corrected chi connectivity index (χ0v) is 16.9. The number of nitrogens with one attached hydrogen (secondary N) is 1. The molecule has 33 heavy (non-hydrogen) atoms. The van der Waals surface area contributed by atoms with Crippen molar-refractivity contribution in [1.29, 1.82) is 0 Å². The van der Waals surface area contributed by atoms with Gasteiger partial charge in [-0.2, -0.15) is 8.78 Å². The molecule has 11 heteroatoms. The van der Waals surface area contributed by atoms with Crippen LogP contribution < -0.4 is 10.1 Å². The lowest BCUT2D eigenvalue weighted by atomic mass is 10.2. The zero-order valence-electron chi connectivity index (χ0n) is 16.9. The Morgan fingerprint density at radius 1 is 0.970 bits per heavy atom. The average Bonchev–Trinajstić information content (AvgIpc) is 3.07. The summed E-state index contributed by atoms with van der Waals surface area (Å²) in [4.78, 5) is 17.0. The smallest absolute Gasteiger partial charge is 0.348 e. The third kappa shape index (κ3) is 3.65. The van der Waals surface area contributed by atoms with Crippen LogP contribution in [0, 0.1) is 41.8 Å². The minimum Gasteiger partial charge on any atom is -0.416 e. The number of fused-ring (bicyclic) bond motifs is 1. The summed E-state index contributed by atoms with van der Waals surface area (Å²) in [7, 11) is 1.47. The van der Waals surface area contributed by atoms with Gasteiger partial charge >= 0.3 is 5.97 Å². The number of hydrogen-bond acceptors (Lipinski definition) is 4. The highest BCUT2D eigenvalue weighted by Crippen LogP contribution is 2.34. The molecule has 0 radical (unpaired) electrons. The molecule has 170 valence electrons. The Balaban J connectivity index is 1.86. The second-order valence-electron chi connectivity index (χ2n) is 7.05. The largest absolute Gasteiger partial charge is 0.416 e. The van der Waals surface area contributed by atoms with Crippen LogP contribution in [0.4, 0.5) is 37.8 Å². The van der Waals surface area contributed by atoms with Crippen molar-refractivity contribution in [2.45, 2.75) is 6.92 Å². The van der Waals surface area contributed by atoms with E-state index in [1.54, 1.807) is 13.0 Å². The van der Waals surface area contributed by atoms with Gasteiger partial charge in [-0.1, -0.05) is 6.07 Å². The molecule has 0 aliphatic rings. The first-order chi connectivity index (χ1) is 15.6. The molecule has 0 unspecified atom stereocenters. The summed E-state index contributed by atoms with van der Waals surface area (Å²) >= 11 is 0. The Kier molecular flexibility index (Phi) is 5.48. The number of hydrogen-bond donors (Lipinski definition) is 1. The van der Waals surface area contributed by atoms with Crippen molar-refractivity contribution in [2.24, 2.45) is 7.05 Å². The van der Waals surface area contributed by atoms with E-state index < -0.39 is 46.6 Å². The topological polar surface area (TPSA) is 56.1 Å². The third-order valence-corrected chi connectivity index (χ3v) is 4.89. The maximum absolute atomic E-state index is 14.4. The third-order valence-electron chi connectivity index (χ3n) is 4.89. The highest BCUT2D eigenvalue weighted by Gasteiger charge is 2.31. The monoisotopic (exact) mass is 465 g/mol. The van der Waals surface area contributed by atoms with Gasteiger partial charge in [0.1, 0.15) is 22.8 Å². The van der Waals surface area contributed by atoms with Crippen LogP contribution in [0.5, 0.6) is 5.75 Å². The van der Waals surface area contributed by atoms with Crippen LogP contribution in [0.2, 0.25) is 0 Å². The number of nitrogens with zero attached hydrogens (tertiary/aromatic N) is 2. The van der Waals surface area contributed by atoms with E-state index in [1.807, 2.05) is 0 Å². The Labute approximate surface area is 182 Å². The second kappa shape index (κ2) is 8.15. The molecule has 5 nitrogen and oxygen atoms in total. The fraction of sp³-hybridized carbons (Fsp3) is 0.0909. The fourth-order valence-corrected chi connectivity index (χ4v) is 3.28. The summed E-state index contributed by atoms with van der Waals surface area (Å²) in [6.45, 7) is 1.67. The van der Waals surface area contributed by atoms with Crippen molar-refractivity contribution < 1.29 is 35.9 Å². The SMILES string of the molecule is Cc1ccc(Nc2c(C(=O)Oc3c(F)c(F)c(F)c(F)c3F)c3cccnc3n2C)c(F)c1. The summed E-state index contributed by atoms with van der Waals surface area (Å²) in [5.41, 5.74) is 0.431. The molecule has 0 amide bonds. The molecule has 2 aromatic carbocycles. The molecule has 0 saturated carbocycles. The number of aromatic nitrogens is 2. The molecule has 1 N–H and O–H groups in total. The van der Waals surface area contributed by atoms with E-state index >= 15 is 0 Å². The second-order valence-corrected chi connectivity index (χ2v) is 7.05. The summed E-state index contributed by atoms with van der Waals surface area (Å²) in [5.74, 6) is -15.5. The van der Waals surface area contributed by atoms with Crippen LogP contribution >= 0.6 is 0 Å². The van der Waals surface area contributed by atoms with Gasteiger partial charge in [0.05, 0.1) is 5.69 Å². The van der Waals surface area contributed by atoms with Crippen molar-refractivity contribution in [2.75, 3.05) is 5.32 Å². The van der Waals surface area contributed by atoms with Crippen LogP contribution in [0.15, 0.2) is 36.5 Å². The van der Waals surface area contributed by atoms with Gasteiger partial charge in [-0.15, -0.1) is 0 Å². The van der Waals surface area contributed by atoms with Crippen LogP contribution in [-0.4, -0.2) is 15.5 Å². The molecular formula is C22H13F6N3O2. The Morgan fingerprint density at radius 2 is 1.61 bits per heavy atom. The standard InChI is InChI=1S/C22H13F6N3O2/c1-9-5-6-12(11(23)8-9)30-21-13(10-4-3-7-29-20(10)31(21)2)22(32)33-19-17(27)15(25)14(24)16(26)18(19)28/h3-8,30H,1-2H3. The van der Waals surface area contributed by atoms with Gasteiger partial charge in [0.25, 0.3) is 0 Å². The number of esters is 1. The normalized spacial score (nSPS) is 11.2. The number of ether oxygens (including phenoxy) is 1. The molecule has 4 rings (SSSR count). The highest BCUT2D eigenvalue weighted by atomic mass is 19.2. The van der Waals surface area contributed by atoms with Crippen molar-refractivity contribution in [1.82, 2.24) is 9.55 Å². The quantitative estimate of drug-likeness (QED) is 0.139. The van der Waals surface area contributed by atoms with Crippen molar-refractivity contribution in [3.63, 3.8) is 0 Å². The van der Waals surface area contributed by atoms with Gasteiger partial charge in [-0.05, 0) is 36.8 Å². The number of benzene rings is 2. The summed E-state index contributed by atoms with van der Waals surface area (Å²) in [6, 6.07) is 7.10. The molecule has 4 aromatic rings. The number of anilines is 2. The van der Waals surface area contributed by atoms with Crippen LogP contribution in [0.3, 0.4) is 0 Å². The Hall–Kier alpha value is -4.02. The van der Waals surface area contributed by atoms with Gasteiger partial charge in [0.2, 0.25) is 34.8 Å². The van der Waals surface area contributed by atoms with E-state index in [1.165, 1.54) is 42.1 Å². The molecule has 0 aliphatic carbocycles. The van der Waals surface area contributed by atoms with E-state index in [9.17, 15) is 31.1 Å². The van der Waals surface area contributed by atoms with Crippen LogP contribution in [-0.2, 0) is 7.05 Å². The Morgan fingerprint density at radius 3 is 2.24 bits per heavy atom. The predicted octanol–water partition coefficient (Wildman–Crippen LogP) is 5.68. The lowest BCUT2D eigenvalue weighted by Gasteiger charge is -2.13. The highest BCUT2D eigenvalue weighted by molar-refractivity contribution is 6.10. The van der Waals surface area contributed by atoms with Crippen molar-refractivity contribution >= 4 is 28.5 Å².